The van der Waals surface area contributed by atoms with Crippen LogP contribution < -0.4 is 0 Å². The molecule has 1 saturated carbocycles. The van der Waals surface area contributed by atoms with Crippen LogP contribution in [0.1, 0.15) is 47.0 Å². The Morgan fingerprint density at radius 2 is 1.93 bits per heavy atom. The average molecular weight is 192 g/mol. The number of hydrogen-bond donors (Lipinski definition) is 0. The van der Waals surface area contributed by atoms with Crippen molar-refractivity contribution >= 4 is 0 Å². The van der Waals surface area contributed by atoms with E-state index in [2.05, 4.69) is 32.1 Å². The first-order valence-corrected chi connectivity index (χ1v) is 6.14. The van der Waals surface area contributed by atoms with Crippen LogP contribution in [0.15, 0.2) is 23.8 Å². The molecule has 2 rings (SSSR count). The predicted molar refractivity (Wildman–Crippen MR) is 64.2 cm³/mol. The summed E-state index contributed by atoms with van der Waals surface area (Å²) in [6, 6.07) is 0. The largest absolute Gasteiger partial charge is 0.0808 e. The molecule has 1 fully saturated rings. The first-order chi connectivity index (χ1) is 6.79. The van der Waals surface area contributed by atoms with Gasteiger partial charge in [-0.05, 0) is 31.1 Å². The summed E-state index contributed by atoms with van der Waals surface area (Å²) in [5.41, 5.74) is 1.61. The molecular formula is C14H24. The fraction of sp³-hybridized carbons (Fsp3) is 0.714. The minimum absolute atomic E-state index is 0.860. The summed E-state index contributed by atoms with van der Waals surface area (Å²) in [6.07, 6.45) is 11.2. The van der Waals surface area contributed by atoms with Crippen LogP contribution in [-0.2, 0) is 0 Å². The van der Waals surface area contributed by atoms with Gasteiger partial charge in [0.05, 0.1) is 0 Å². The molecule has 0 nitrogen and oxygen atoms in total. The molecular weight excluding hydrogens is 168 g/mol. The molecule has 80 valence electrons. The van der Waals surface area contributed by atoms with Crippen molar-refractivity contribution in [1.82, 2.24) is 0 Å². The van der Waals surface area contributed by atoms with E-state index in [0.717, 1.165) is 17.8 Å². The van der Waals surface area contributed by atoms with Gasteiger partial charge in [0.25, 0.3) is 0 Å². The fourth-order valence-electron chi connectivity index (χ4n) is 2.92. The number of rotatable bonds is 0. The van der Waals surface area contributed by atoms with Crippen molar-refractivity contribution in [3.8, 4) is 0 Å². The van der Waals surface area contributed by atoms with Crippen LogP contribution in [0.4, 0.5) is 0 Å². The molecule has 0 aromatic rings. The van der Waals surface area contributed by atoms with Gasteiger partial charge >= 0.3 is 0 Å². The third-order valence-electron chi connectivity index (χ3n) is 3.51. The molecule has 14 heavy (non-hydrogen) atoms. The van der Waals surface area contributed by atoms with Crippen molar-refractivity contribution in [3.63, 3.8) is 0 Å². The number of hydrogen-bond acceptors (Lipinski definition) is 0. The van der Waals surface area contributed by atoms with Gasteiger partial charge in [0.1, 0.15) is 0 Å². The summed E-state index contributed by atoms with van der Waals surface area (Å²) in [4.78, 5) is 0. The zero-order valence-corrected chi connectivity index (χ0v) is 10.1. The lowest BCUT2D eigenvalue weighted by molar-refractivity contribution is 0.232. The fourth-order valence-corrected chi connectivity index (χ4v) is 2.92. The second kappa shape index (κ2) is 5.38. The molecule has 0 heterocycles. The van der Waals surface area contributed by atoms with Crippen LogP contribution in [0.25, 0.3) is 0 Å². The highest BCUT2D eigenvalue weighted by molar-refractivity contribution is 5.23. The molecule has 0 spiro atoms. The van der Waals surface area contributed by atoms with Gasteiger partial charge in [-0.15, -0.1) is 0 Å². The van der Waals surface area contributed by atoms with E-state index in [1.807, 2.05) is 13.8 Å². The van der Waals surface area contributed by atoms with Crippen molar-refractivity contribution in [2.75, 3.05) is 0 Å². The van der Waals surface area contributed by atoms with Crippen molar-refractivity contribution in [2.45, 2.75) is 47.0 Å². The van der Waals surface area contributed by atoms with E-state index < -0.39 is 0 Å². The maximum absolute atomic E-state index is 2.41. The Hall–Kier alpha value is -0.520. The summed E-state index contributed by atoms with van der Waals surface area (Å²) in [5, 5.41) is 0. The van der Waals surface area contributed by atoms with Crippen LogP contribution >= 0.6 is 0 Å². The van der Waals surface area contributed by atoms with E-state index >= 15 is 0 Å². The summed E-state index contributed by atoms with van der Waals surface area (Å²) in [5.74, 6) is 2.63. The smallest absolute Gasteiger partial charge is 0.0114 e. The maximum Gasteiger partial charge on any atom is -0.0114 e. The second-order valence-corrected chi connectivity index (χ2v) is 4.39. The van der Waals surface area contributed by atoms with Gasteiger partial charge < -0.3 is 0 Å². The van der Waals surface area contributed by atoms with Crippen molar-refractivity contribution < 1.29 is 0 Å². The Labute approximate surface area is 89.1 Å². The molecule has 2 aliphatic rings. The van der Waals surface area contributed by atoms with Gasteiger partial charge in [0.2, 0.25) is 0 Å². The van der Waals surface area contributed by atoms with Crippen molar-refractivity contribution in [1.29, 1.82) is 0 Å². The van der Waals surface area contributed by atoms with Gasteiger partial charge in [0.15, 0.2) is 0 Å². The molecule has 0 saturated heterocycles. The van der Waals surface area contributed by atoms with Crippen LogP contribution in [-0.4, -0.2) is 0 Å². The van der Waals surface area contributed by atoms with E-state index in [4.69, 9.17) is 0 Å². The monoisotopic (exact) mass is 192 g/mol. The first-order valence-electron chi connectivity index (χ1n) is 6.14. The third-order valence-corrected chi connectivity index (χ3v) is 3.51. The lowest BCUT2D eigenvalue weighted by atomic mass is 9.68. The minimum atomic E-state index is 0.860. The highest BCUT2D eigenvalue weighted by Gasteiger charge is 2.30. The molecule has 3 unspecified atom stereocenters. The van der Waals surface area contributed by atoms with Gasteiger partial charge in [-0.3, -0.25) is 0 Å². The van der Waals surface area contributed by atoms with E-state index in [9.17, 15) is 0 Å². The quantitative estimate of drug-likeness (QED) is 0.527. The second-order valence-electron chi connectivity index (χ2n) is 4.39. The topological polar surface area (TPSA) is 0 Å². The highest BCUT2D eigenvalue weighted by atomic mass is 14.4. The lowest BCUT2D eigenvalue weighted by Crippen LogP contribution is -2.27. The van der Waals surface area contributed by atoms with Crippen LogP contribution in [0, 0.1) is 17.8 Å². The van der Waals surface area contributed by atoms with Crippen molar-refractivity contribution in [2.24, 2.45) is 17.8 Å². The Morgan fingerprint density at radius 1 is 1.21 bits per heavy atom. The Morgan fingerprint density at radius 3 is 2.57 bits per heavy atom. The summed E-state index contributed by atoms with van der Waals surface area (Å²) in [7, 11) is 0. The Kier molecular flexibility index (Phi) is 4.44. The van der Waals surface area contributed by atoms with Crippen LogP contribution in [0.3, 0.4) is 0 Å². The van der Waals surface area contributed by atoms with Crippen LogP contribution in [0.5, 0.6) is 0 Å². The SMILES string of the molecule is CC.CC1=CC=CC2CCCC(C)C12. The third kappa shape index (κ3) is 2.29. The lowest BCUT2D eigenvalue weighted by Gasteiger charge is -2.37. The molecule has 0 bridgehead atoms. The Bertz CT molecular complexity index is 222. The molecule has 0 aromatic carbocycles. The maximum atomic E-state index is 2.41. The molecule has 0 aliphatic heterocycles. The van der Waals surface area contributed by atoms with E-state index in [0.29, 0.717) is 0 Å². The van der Waals surface area contributed by atoms with E-state index in [1.54, 1.807) is 5.57 Å². The summed E-state index contributed by atoms with van der Waals surface area (Å²) < 4.78 is 0. The normalized spacial score (nSPS) is 35.1. The number of fused-ring (bicyclic) bond motifs is 1. The van der Waals surface area contributed by atoms with Gasteiger partial charge in [-0.1, -0.05) is 57.4 Å². The molecule has 0 amide bonds. The summed E-state index contributed by atoms with van der Waals surface area (Å²) in [6.45, 7) is 8.70. The van der Waals surface area contributed by atoms with Crippen molar-refractivity contribution in [3.05, 3.63) is 23.8 Å². The predicted octanol–water partition coefficient (Wildman–Crippen LogP) is 4.58. The van der Waals surface area contributed by atoms with E-state index in [1.165, 1.54) is 19.3 Å². The molecule has 2 aliphatic carbocycles. The Balaban J connectivity index is 0.000000461. The average Bonchev–Trinajstić information content (AvgIpc) is 2.21. The van der Waals surface area contributed by atoms with Gasteiger partial charge in [0, 0.05) is 0 Å². The van der Waals surface area contributed by atoms with Gasteiger partial charge in [-0.2, -0.15) is 0 Å². The van der Waals surface area contributed by atoms with Gasteiger partial charge in [-0.25, -0.2) is 0 Å². The molecule has 0 aromatic heterocycles. The molecule has 0 radical (unpaired) electrons. The molecule has 0 N–H and O–H groups in total. The molecule has 0 heteroatoms. The number of allylic oxidation sites excluding steroid dienone is 4. The van der Waals surface area contributed by atoms with E-state index in [-0.39, 0.29) is 0 Å². The zero-order chi connectivity index (χ0) is 10.6. The zero-order valence-electron chi connectivity index (χ0n) is 10.1. The highest BCUT2D eigenvalue weighted by Crippen LogP contribution is 2.41. The van der Waals surface area contributed by atoms with Crippen LogP contribution in [0.2, 0.25) is 0 Å². The minimum Gasteiger partial charge on any atom is -0.0808 e. The standard InChI is InChI=1S/C12H18.C2H6/c1-9-5-3-7-11-8-4-6-10(2)12(9)11;1-2/h3,5,7,10-12H,4,6,8H2,1-2H3;1-2H3. The summed E-state index contributed by atoms with van der Waals surface area (Å²) >= 11 is 0. The first kappa shape index (κ1) is 11.6. The molecule has 3 atom stereocenters.